The highest BCUT2D eigenvalue weighted by atomic mass is 79.9. The molecular weight excluding hydrogens is 260 g/mol. The molecule has 0 aliphatic heterocycles. The van der Waals surface area contributed by atoms with Gasteiger partial charge in [0.05, 0.1) is 5.69 Å². The van der Waals surface area contributed by atoms with E-state index in [0.717, 1.165) is 23.2 Å². The first-order valence-electron chi connectivity index (χ1n) is 3.65. The fourth-order valence-electron chi connectivity index (χ4n) is 1.37. The van der Waals surface area contributed by atoms with Crippen LogP contribution in [0, 0.1) is 0 Å². The number of thiazole rings is 1. The third-order valence-corrected chi connectivity index (χ3v) is 3.52. The van der Waals surface area contributed by atoms with Crippen molar-refractivity contribution in [2.45, 2.75) is 25.3 Å². The first kappa shape index (κ1) is 10.4. The first-order valence-corrected chi connectivity index (χ1v) is 5.26. The number of fused-ring (bicyclic) bond motifs is 1. The first-order chi connectivity index (χ1) is 5.25. The third-order valence-electron chi connectivity index (χ3n) is 1.95. The second-order valence-electron chi connectivity index (χ2n) is 2.84. The van der Waals surface area contributed by atoms with Crippen LogP contribution in [0.4, 0.5) is 0 Å². The van der Waals surface area contributed by atoms with Crippen molar-refractivity contribution in [3.8, 4) is 0 Å². The summed E-state index contributed by atoms with van der Waals surface area (Å²) in [6.45, 7) is 0. The summed E-state index contributed by atoms with van der Waals surface area (Å²) in [5.41, 5.74) is 7.08. The Bertz CT molecular complexity index is 276. The van der Waals surface area contributed by atoms with Crippen molar-refractivity contribution >= 4 is 39.7 Å². The van der Waals surface area contributed by atoms with E-state index in [1.807, 2.05) is 0 Å². The molecule has 0 aromatic carbocycles. The van der Waals surface area contributed by atoms with E-state index in [0.29, 0.717) is 6.04 Å². The Hall–Kier alpha value is 0.360. The maximum absolute atomic E-state index is 5.82. The van der Waals surface area contributed by atoms with Gasteiger partial charge in [-0.3, -0.25) is 0 Å². The van der Waals surface area contributed by atoms with Crippen molar-refractivity contribution in [1.82, 2.24) is 4.98 Å². The van der Waals surface area contributed by atoms with Crippen LogP contribution in [0.1, 0.15) is 17.0 Å². The molecule has 68 valence electrons. The summed E-state index contributed by atoms with van der Waals surface area (Å²) >= 11 is 5.10. The molecule has 1 aromatic heterocycles. The summed E-state index contributed by atoms with van der Waals surface area (Å²) in [7, 11) is 0. The molecule has 2 rings (SSSR count). The van der Waals surface area contributed by atoms with Crippen LogP contribution >= 0.6 is 39.7 Å². The van der Waals surface area contributed by atoms with Gasteiger partial charge in [-0.1, -0.05) is 0 Å². The van der Waals surface area contributed by atoms with Crippen LogP contribution in [0.2, 0.25) is 0 Å². The number of aryl methyl sites for hydroxylation is 1. The van der Waals surface area contributed by atoms with E-state index in [4.69, 9.17) is 5.73 Å². The highest BCUT2D eigenvalue weighted by Gasteiger charge is 2.18. The van der Waals surface area contributed by atoms with E-state index in [9.17, 15) is 0 Å². The number of aromatic nitrogens is 1. The summed E-state index contributed by atoms with van der Waals surface area (Å²) < 4.78 is 0.997. The monoisotopic (exact) mass is 268 g/mol. The Morgan fingerprint density at radius 1 is 1.58 bits per heavy atom. The standard InChI is InChI=1S/C7H9BrN2S.ClH/c8-7-10-5-2-1-4(9)3-6(5)11-7;/h4H,1-3,9H2;1H. The van der Waals surface area contributed by atoms with Crippen molar-refractivity contribution in [1.29, 1.82) is 0 Å². The van der Waals surface area contributed by atoms with E-state index in [1.54, 1.807) is 11.3 Å². The summed E-state index contributed by atoms with van der Waals surface area (Å²) in [6.07, 6.45) is 3.15. The molecule has 2 nitrogen and oxygen atoms in total. The molecule has 1 atom stereocenters. The summed E-state index contributed by atoms with van der Waals surface area (Å²) in [5.74, 6) is 0. The largest absolute Gasteiger partial charge is 0.327 e. The molecule has 2 N–H and O–H groups in total. The number of nitrogens with zero attached hydrogens (tertiary/aromatic N) is 1. The normalized spacial score (nSPS) is 21.3. The van der Waals surface area contributed by atoms with Crippen LogP contribution in [0.3, 0.4) is 0 Å². The average Bonchev–Trinajstić information content (AvgIpc) is 2.27. The van der Waals surface area contributed by atoms with Crippen LogP contribution < -0.4 is 5.73 Å². The predicted octanol–water partition coefficient (Wildman–Crippen LogP) is 2.14. The quantitative estimate of drug-likeness (QED) is 0.784. The van der Waals surface area contributed by atoms with Crippen LogP contribution in [0.15, 0.2) is 3.92 Å². The van der Waals surface area contributed by atoms with Crippen LogP contribution in [-0.2, 0) is 12.8 Å². The Kier molecular flexibility index (Phi) is 3.52. The molecule has 5 heteroatoms. The second kappa shape index (κ2) is 4.05. The van der Waals surface area contributed by atoms with Crippen molar-refractivity contribution < 1.29 is 0 Å². The smallest absolute Gasteiger partial charge is 0.159 e. The topological polar surface area (TPSA) is 38.9 Å². The highest BCUT2D eigenvalue weighted by molar-refractivity contribution is 9.11. The van der Waals surface area contributed by atoms with E-state index in [1.165, 1.54) is 10.6 Å². The summed E-state index contributed by atoms with van der Waals surface area (Å²) in [5, 5.41) is 0. The Morgan fingerprint density at radius 2 is 2.33 bits per heavy atom. The zero-order chi connectivity index (χ0) is 7.84. The minimum atomic E-state index is 0. The molecule has 0 saturated carbocycles. The lowest BCUT2D eigenvalue weighted by molar-refractivity contribution is 0.576. The molecule has 1 aliphatic rings. The van der Waals surface area contributed by atoms with E-state index in [-0.39, 0.29) is 12.4 Å². The SMILES string of the molecule is Cl.NC1CCc2nc(Br)sc2C1. The van der Waals surface area contributed by atoms with Crippen LogP contribution in [-0.4, -0.2) is 11.0 Å². The molecule has 1 aromatic rings. The maximum atomic E-state index is 5.82. The average molecular weight is 270 g/mol. The Labute approximate surface area is 90.1 Å². The molecule has 0 amide bonds. The molecule has 0 spiro atoms. The number of halogens is 2. The predicted molar refractivity (Wildman–Crippen MR) is 57.1 cm³/mol. The van der Waals surface area contributed by atoms with Crippen molar-refractivity contribution in [2.75, 3.05) is 0 Å². The molecule has 1 heterocycles. The number of hydrogen-bond donors (Lipinski definition) is 1. The molecule has 0 fully saturated rings. The number of rotatable bonds is 0. The van der Waals surface area contributed by atoms with Gasteiger partial charge in [0.2, 0.25) is 0 Å². The molecule has 1 unspecified atom stereocenters. The van der Waals surface area contributed by atoms with Gasteiger partial charge in [-0.05, 0) is 35.2 Å². The molecule has 0 saturated heterocycles. The minimum absolute atomic E-state index is 0. The van der Waals surface area contributed by atoms with Gasteiger partial charge in [0, 0.05) is 10.9 Å². The van der Waals surface area contributed by atoms with Gasteiger partial charge < -0.3 is 5.73 Å². The van der Waals surface area contributed by atoms with Gasteiger partial charge in [-0.15, -0.1) is 23.7 Å². The number of nitrogens with two attached hydrogens (primary N) is 1. The van der Waals surface area contributed by atoms with Crippen LogP contribution in [0.5, 0.6) is 0 Å². The molecular formula is C7H10BrClN2S. The minimum Gasteiger partial charge on any atom is -0.327 e. The fraction of sp³-hybridized carbons (Fsp3) is 0.571. The lowest BCUT2D eigenvalue weighted by Crippen LogP contribution is -2.26. The van der Waals surface area contributed by atoms with Crippen molar-refractivity contribution in [2.24, 2.45) is 5.73 Å². The van der Waals surface area contributed by atoms with Gasteiger partial charge in [-0.2, -0.15) is 0 Å². The summed E-state index contributed by atoms with van der Waals surface area (Å²) in [6, 6.07) is 0.356. The molecule has 0 bridgehead atoms. The highest BCUT2D eigenvalue weighted by Crippen LogP contribution is 2.28. The van der Waals surface area contributed by atoms with E-state index in [2.05, 4.69) is 20.9 Å². The van der Waals surface area contributed by atoms with E-state index < -0.39 is 0 Å². The van der Waals surface area contributed by atoms with Gasteiger partial charge in [0.25, 0.3) is 0 Å². The molecule has 1 aliphatic carbocycles. The van der Waals surface area contributed by atoms with Gasteiger partial charge in [0.1, 0.15) is 0 Å². The fourth-order valence-corrected chi connectivity index (χ4v) is 3.09. The van der Waals surface area contributed by atoms with Crippen molar-refractivity contribution in [3.05, 3.63) is 14.5 Å². The lowest BCUT2D eigenvalue weighted by atomic mass is 9.99. The van der Waals surface area contributed by atoms with E-state index >= 15 is 0 Å². The molecule has 0 radical (unpaired) electrons. The Balaban J connectivity index is 0.000000720. The van der Waals surface area contributed by atoms with Gasteiger partial charge >= 0.3 is 0 Å². The third kappa shape index (κ3) is 1.99. The lowest BCUT2D eigenvalue weighted by Gasteiger charge is -2.15. The van der Waals surface area contributed by atoms with Crippen molar-refractivity contribution in [3.63, 3.8) is 0 Å². The maximum Gasteiger partial charge on any atom is 0.159 e. The van der Waals surface area contributed by atoms with Gasteiger partial charge in [-0.25, -0.2) is 4.98 Å². The van der Waals surface area contributed by atoms with Crippen LogP contribution in [0.25, 0.3) is 0 Å². The Morgan fingerprint density at radius 3 is 3.08 bits per heavy atom. The second-order valence-corrected chi connectivity index (χ2v) is 5.20. The zero-order valence-corrected chi connectivity index (χ0v) is 9.64. The molecule has 12 heavy (non-hydrogen) atoms. The summed E-state index contributed by atoms with van der Waals surface area (Å²) in [4.78, 5) is 5.74. The van der Waals surface area contributed by atoms with Gasteiger partial charge in [0.15, 0.2) is 3.92 Å². The number of hydrogen-bond acceptors (Lipinski definition) is 3. The zero-order valence-electron chi connectivity index (χ0n) is 6.42.